The first-order valence-corrected chi connectivity index (χ1v) is 5.73. The second-order valence-electron chi connectivity index (χ2n) is 4.73. The summed E-state index contributed by atoms with van der Waals surface area (Å²) in [7, 11) is 0. The van der Waals surface area contributed by atoms with Crippen LogP contribution in [0.2, 0.25) is 0 Å². The van der Waals surface area contributed by atoms with Crippen molar-refractivity contribution in [1.82, 2.24) is 5.32 Å². The second-order valence-corrected chi connectivity index (χ2v) is 4.73. The maximum Gasteiger partial charge on any atom is 0.0700 e. The Hall–Kier alpha value is -0.120. The van der Waals surface area contributed by atoms with E-state index in [9.17, 15) is 0 Å². The van der Waals surface area contributed by atoms with Crippen molar-refractivity contribution in [2.24, 2.45) is 0 Å². The van der Waals surface area contributed by atoms with E-state index in [1.54, 1.807) is 0 Å². The molecule has 2 heterocycles. The van der Waals surface area contributed by atoms with Gasteiger partial charge in [-0.1, -0.05) is 0 Å². The van der Waals surface area contributed by atoms with E-state index in [1.165, 1.54) is 25.7 Å². The van der Waals surface area contributed by atoms with Crippen LogP contribution >= 0.6 is 0 Å². The van der Waals surface area contributed by atoms with Crippen LogP contribution in [0.5, 0.6) is 0 Å². The quantitative estimate of drug-likeness (QED) is 0.743. The number of rotatable bonds is 3. The maximum absolute atomic E-state index is 5.59. The fourth-order valence-electron chi connectivity index (χ4n) is 2.24. The van der Waals surface area contributed by atoms with Crippen LogP contribution in [-0.4, -0.2) is 38.0 Å². The van der Waals surface area contributed by atoms with E-state index in [-0.39, 0.29) is 5.54 Å². The van der Waals surface area contributed by atoms with Crippen molar-refractivity contribution in [3.05, 3.63) is 0 Å². The van der Waals surface area contributed by atoms with Gasteiger partial charge in [0.1, 0.15) is 0 Å². The number of hydrogen-bond acceptors (Lipinski definition) is 3. The van der Waals surface area contributed by atoms with Crippen LogP contribution in [0.3, 0.4) is 0 Å². The van der Waals surface area contributed by atoms with Gasteiger partial charge in [-0.15, -0.1) is 0 Å². The Balaban J connectivity index is 1.72. The zero-order valence-corrected chi connectivity index (χ0v) is 9.05. The molecule has 0 aliphatic carbocycles. The average Bonchev–Trinajstić information content (AvgIpc) is 2.69. The summed E-state index contributed by atoms with van der Waals surface area (Å²) in [6.45, 7) is 5.96. The van der Waals surface area contributed by atoms with Crippen molar-refractivity contribution < 1.29 is 9.47 Å². The van der Waals surface area contributed by atoms with Gasteiger partial charge in [-0.2, -0.15) is 0 Å². The summed E-state index contributed by atoms with van der Waals surface area (Å²) >= 11 is 0. The Bertz CT molecular complexity index is 172. The van der Waals surface area contributed by atoms with Crippen LogP contribution in [0.15, 0.2) is 0 Å². The Kier molecular flexibility index (Phi) is 3.42. The van der Waals surface area contributed by atoms with Crippen LogP contribution in [0.25, 0.3) is 0 Å². The molecule has 0 bridgehead atoms. The first kappa shape index (κ1) is 10.4. The number of nitrogens with one attached hydrogen (secondary N) is 1. The van der Waals surface area contributed by atoms with E-state index in [0.29, 0.717) is 6.10 Å². The molecule has 2 rings (SSSR count). The summed E-state index contributed by atoms with van der Waals surface area (Å²) in [5, 5.41) is 3.59. The van der Waals surface area contributed by atoms with Crippen molar-refractivity contribution in [2.75, 3.05) is 26.4 Å². The highest BCUT2D eigenvalue weighted by Gasteiger charge is 2.28. The minimum atomic E-state index is 0.185. The first-order chi connectivity index (χ1) is 6.79. The molecular weight excluding hydrogens is 178 g/mol. The van der Waals surface area contributed by atoms with Gasteiger partial charge in [0.05, 0.1) is 12.7 Å². The van der Waals surface area contributed by atoms with Crippen molar-refractivity contribution in [3.63, 3.8) is 0 Å². The molecule has 3 nitrogen and oxygen atoms in total. The summed E-state index contributed by atoms with van der Waals surface area (Å²) < 4.78 is 11.1. The highest BCUT2D eigenvalue weighted by Crippen LogP contribution is 2.19. The molecule has 2 saturated heterocycles. The molecule has 2 unspecified atom stereocenters. The predicted molar refractivity (Wildman–Crippen MR) is 55.4 cm³/mol. The fourth-order valence-corrected chi connectivity index (χ4v) is 2.24. The van der Waals surface area contributed by atoms with Crippen molar-refractivity contribution in [1.29, 1.82) is 0 Å². The van der Waals surface area contributed by atoms with Gasteiger partial charge in [-0.3, -0.25) is 0 Å². The minimum Gasteiger partial charge on any atom is -0.380 e. The molecule has 0 aromatic heterocycles. The van der Waals surface area contributed by atoms with E-state index in [2.05, 4.69) is 12.2 Å². The third-order valence-corrected chi connectivity index (χ3v) is 3.22. The summed E-state index contributed by atoms with van der Waals surface area (Å²) in [5.41, 5.74) is 0.185. The molecule has 0 spiro atoms. The molecule has 0 radical (unpaired) electrons. The van der Waals surface area contributed by atoms with Crippen molar-refractivity contribution in [3.8, 4) is 0 Å². The lowest BCUT2D eigenvalue weighted by atomic mass is 9.94. The monoisotopic (exact) mass is 199 g/mol. The summed E-state index contributed by atoms with van der Waals surface area (Å²) in [6.07, 6.45) is 5.27. The van der Waals surface area contributed by atoms with Gasteiger partial charge in [0.25, 0.3) is 0 Å². The van der Waals surface area contributed by atoms with Gasteiger partial charge >= 0.3 is 0 Å². The molecule has 1 N–H and O–H groups in total. The Labute approximate surface area is 86.2 Å². The largest absolute Gasteiger partial charge is 0.380 e. The van der Waals surface area contributed by atoms with Gasteiger partial charge in [0.15, 0.2) is 0 Å². The Morgan fingerprint density at radius 1 is 1.36 bits per heavy atom. The maximum atomic E-state index is 5.59. The fraction of sp³-hybridized carbons (Fsp3) is 1.00. The average molecular weight is 199 g/mol. The highest BCUT2D eigenvalue weighted by molar-refractivity contribution is 4.86. The number of ether oxygens (including phenoxy) is 2. The predicted octanol–water partition coefficient (Wildman–Crippen LogP) is 1.32. The molecular formula is C11H21NO2. The molecule has 3 heteroatoms. The van der Waals surface area contributed by atoms with E-state index in [0.717, 1.165) is 26.4 Å². The molecule has 2 aliphatic rings. The molecule has 2 fully saturated rings. The van der Waals surface area contributed by atoms with Crippen LogP contribution in [-0.2, 0) is 9.47 Å². The van der Waals surface area contributed by atoms with E-state index < -0.39 is 0 Å². The lowest BCUT2D eigenvalue weighted by Crippen LogP contribution is -2.51. The highest BCUT2D eigenvalue weighted by atomic mass is 16.5. The SMILES string of the molecule is CC1(NCC2CCCO2)CCCOC1. The van der Waals surface area contributed by atoms with Crippen molar-refractivity contribution in [2.45, 2.75) is 44.2 Å². The lowest BCUT2D eigenvalue weighted by molar-refractivity contribution is 0.0194. The third-order valence-electron chi connectivity index (χ3n) is 3.22. The van der Waals surface area contributed by atoms with E-state index >= 15 is 0 Å². The molecule has 0 aromatic rings. The minimum absolute atomic E-state index is 0.185. The van der Waals surface area contributed by atoms with E-state index in [4.69, 9.17) is 9.47 Å². The van der Waals surface area contributed by atoms with Crippen LogP contribution < -0.4 is 5.32 Å². The number of hydrogen-bond donors (Lipinski definition) is 1. The zero-order chi connectivity index (χ0) is 9.86. The van der Waals surface area contributed by atoms with Gasteiger partial charge in [0.2, 0.25) is 0 Å². The molecule has 0 saturated carbocycles. The van der Waals surface area contributed by atoms with Crippen LogP contribution in [0.1, 0.15) is 32.6 Å². The first-order valence-electron chi connectivity index (χ1n) is 5.73. The zero-order valence-electron chi connectivity index (χ0n) is 9.05. The topological polar surface area (TPSA) is 30.5 Å². The third kappa shape index (κ3) is 2.69. The summed E-state index contributed by atoms with van der Waals surface area (Å²) in [4.78, 5) is 0. The van der Waals surface area contributed by atoms with E-state index in [1.807, 2.05) is 0 Å². The van der Waals surface area contributed by atoms with Crippen LogP contribution in [0, 0.1) is 0 Å². The molecule has 0 amide bonds. The van der Waals surface area contributed by atoms with Crippen LogP contribution in [0.4, 0.5) is 0 Å². The van der Waals surface area contributed by atoms with Gasteiger partial charge in [-0.25, -0.2) is 0 Å². The van der Waals surface area contributed by atoms with Gasteiger partial charge in [-0.05, 0) is 32.6 Å². The second kappa shape index (κ2) is 4.60. The molecule has 2 atom stereocenters. The summed E-state index contributed by atoms with van der Waals surface area (Å²) in [5.74, 6) is 0. The smallest absolute Gasteiger partial charge is 0.0700 e. The Morgan fingerprint density at radius 3 is 2.93 bits per heavy atom. The normalized spacial score (nSPS) is 38.8. The molecule has 0 aromatic carbocycles. The molecule has 14 heavy (non-hydrogen) atoms. The Morgan fingerprint density at radius 2 is 2.29 bits per heavy atom. The van der Waals surface area contributed by atoms with Gasteiger partial charge in [0, 0.05) is 25.3 Å². The van der Waals surface area contributed by atoms with Gasteiger partial charge < -0.3 is 14.8 Å². The van der Waals surface area contributed by atoms with Crippen molar-refractivity contribution >= 4 is 0 Å². The standard InChI is InChI=1S/C11H21NO2/c1-11(5-3-6-13-9-11)12-8-10-4-2-7-14-10/h10,12H,2-9H2,1H3. The molecule has 82 valence electrons. The summed E-state index contributed by atoms with van der Waals surface area (Å²) in [6, 6.07) is 0. The lowest BCUT2D eigenvalue weighted by Gasteiger charge is -2.35. The molecule has 2 aliphatic heterocycles.